The number of rotatable bonds is 4. The van der Waals surface area contributed by atoms with E-state index in [9.17, 15) is 4.79 Å². The van der Waals surface area contributed by atoms with Gasteiger partial charge in [-0.25, -0.2) is 0 Å². The summed E-state index contributed by atoms with van der Waals surface area (Å²) in [6, 6.07) is 9.15. The van der Waals surface area contributed by atoms with Crippen LogP contribution in [0.3, 0.4) is 0 Å². The largest absolute Gasteiger partial charge is 0.346 e. The lowest BCUT2D eigenvalue weighted by Crippen LogP contribution is -2.42. The number of aryl methyl sites for hydroxylation is 1. The fourth-order valence-electron chi connectivity index (χ4n) is 1.72. The smallest absolute Gasteiger partial charge is 0.286 e. The minimum Gasteiger partial charge on any atom is -0.346 e. The van der Waals surface area contributed by atoms with Crippen molar-refractivity contribution in [1.82, 2.24) is 5.32 Å². The van der Waals surface area contributed by atoms with E-state index in [1.54, 1.807) is 12.1 Å². The van der Waals surface area contributed by atoms with Crippen LogP contribution in [0.4, 0.5) is 0 Å². The molecular formula is C15H15Cl2N2O+. The van der Waals surface area contributed by atoms with Crippen LogP contribution in [0.2, 0.25) is 10.0 Å². The molecule has 1 amide bonds. The highest BCUT2D eigenvalue weighted by atomic mass is 35.5. The fourth-order valence-corrected chi connectivity index (χ4v) is 2.19. The van der Waals surface area contributed by atoms with Crippen LogP contribution in [0.1, 0.15) is 11.1 Å². The number of hydrogen-bond acceptors (Lipinski definition) is 1. The molecule has 1 heterocycles. The summed E-state index contributed by atoms with van der Waals surface area (Å²) in [5.41, 5.74) is 2.01. The van der Waals surface area contributed by atoms with Crippen LogP contribution >= 0.6 is 23.2 Å². The van der Waals surface area contributed by atoms with Gasteiger partial charge in [0.25, 0.3) is 5.91 Å². The van der Waals surface area contributed by atoms with Gasteiger partial charge in [0, 0.05) is 28.7 Å². The lowest BCUT2D eigenvalue weighted by atomic mass is 10.2. The van der Waals surface area contributed by atoms with Crippen molar-refractivity contribution in [2.75, 3.05) is 0 Å². The molecule has 0 unspecified atom stereocenters. The molecule has 0 aliphatic rings. The van der Waals surface area contributed by atoms with E-state index in [1.165, 1.54) is 0 Å². The Morgan fingerprint density at radius 2 is 1.90 bits per heavy atom. The predicted octanol–water partition coefficient (Wildman–Crippen LogP) is 2.91. The van der Waals surface area contributed by atoms with Gasteiger partial charge in [0.2, 0.25) is 6.54 Å². The first-order valence-corrected chi connectivity index (χ1v) is 6.96. The molecule has 5 heteroatoms. The Balaban J connectivity index is 1.90. The molecule has 0 bridgehead atoms. The van der Waals surface area contributed by atoms with Crippen molar-refractivity contribution in [3.8, 4) is 0 Å². The molecule has 0 aliphatic heterocycles. The first-order valence-electron chi connectivity index (χ1n) is 6.21. The number of halogens is 2. The van der Waals surface area contributed by atoms with E-state index in [0.717, 1.165) is 11.1 Å². The molecule has 0 spiro atoms. The third kappa shape index (κ3) is 4.22. The van der Waals surface area contributed by atoms with E-state index in [4.69, 9.17) is 23.2 Å². The number of carbonyl (C=O) groups excluding carboxylic acids is 1. The summed E-state index contributed by atoms with van der Waals surface area (Å²) in [6.07, 6.45) is 3.76. The molecular weight excluding hydrogens is 295 g/mol. The number of amides is 1. The molecule has 2 aromatic rings. The number of nitrogens with one attached hydrogen (secondary N) is 1. The quantitative estimate of drug-likeness (QED) is 0.866. The Bertz CT molecular complexity index is 612. The van der Waals surface area contributed by atoms with Crippen molar-refractivity contribution in [2.24, 2.45) is 0 Å². The van der Waals surface area contributed by atoms with E-state index >= 15 is 0 Å². The van der Waals surface area contributed by atoms with E-state index in [2.05, 4.69) is 5.32 Å². The van der Waals surface area contributed by atoms with E-state index in [0.29, 0.717) is 16.6 Å². The van der Waals surface area contributed by atoms with E-state index < -0.39 is 0 Å². The number of nitrogens with zero attached hydrogens (tertiary/aromatic N) is 1. The Labute approximate surface area is 128 Å². The molecule has 0 saturated carbocycles. The molecule has 0 radical (unpaired) electrons. The molecule has 1 N–H and O–H groups in total. The highest BCUT2D eigenvalue weighted by Crippen LogP contribution is 2.20. The molecule has 2 rings (SSSR count). The minimum atomic E-state index is -0.0649. The first-order chi connectivity index (χ1) is 9.54. The summed E-state index contributed by atoms with van der Waals surface area (Å²) in [6.45, 7) is 2.68. The number of benzene rings is 1. The lowest BCUT2D eigenvalue weighted by Gasteiger charge is -2.06. The topological polar surface area (TPSA) is 33.0 Å². The first kappa shape index (κ1) is 14.8. The van der Waals surface area contributed by atoms with Gasteiger partial charge in [-0.1, -0.05) is 29.3 Å². The van der Waals surface area contributed by atoms with Crippen LogP contribution in [0, 0.1) is 6.92 Å². The van der Waals surface area contributed by atoms with Gasteiger partial charge in [-0.15, -0.1) is 0 Å². The van der Waals surface area contributed by atoms with Crippen molar-refractivity contribution < 1.29 is 9.36 Å². The van der Waals surface area contributed by atoms with Crippen molar-refractivity contribution >= 4 is 29.1 Å². The Kier molecular flexibility index (Phi) is 4.99. The van der Waals surface area contributed by atoms with Crippen LogP contribution in [0.15, 0.2) is 42.7 Å². The molecule has 3 nitrogen and oxygen atoms in total. The summed E-state index contributed by atoms with van der Waals surface area (Å²) in [5.74, 6) is -0.0649. The monoisotopic (exact) mass is 309 g/mol. The standard InChI is InChI=1S/C15H14Cl2N2O/c1-11-4-6-19(7-5-11)10-15(20)18-9-12-2-3-13(16)8-14(12)17/h2-8H,9-10H2,1H3/p+1. The van der Waals surface area contributed by atoms with Gasteiger partial charge < -0.3 is 5.32 Å². The van der Waals surface area contributed by atoms with E-state index in [1.807, 2.05) is 42.1 Å². The van der Waals surface area contributed by atoms with E-state index in [-0.39, 0.29) is 12.5 Å². The molecule has 20 heavy (non-hydrogen) atoms. The second-order valence-electron chi connectivity index (χ2n) is 4.56. The maximum Gasteiger partial charge on any atom is 0.286 e. The summed E-state index contributed by atoms with van der Waals surface area (Å²) in [5, 5.41) is 3.97. The van der Waals surface area contributed by atoms with Gasteiger partial charge in [-0.3, -0.25) is 4.79 Å². The Morgan fingerprint density at radius 3 is 2.55 bits per heavy atom. The average Bonchev–Trinajstić information content (AvgIpc) is 2.40. The molecule has 0 atom stereocenters. The van der Waals surface area contributed by atoms with Gasteiger partial charge >= 0.3 is 0 Å². The zero-order valence-electron chi connectivity index (χ0n) is 11.1. The summed E-state index contributed by atoms with van der Waals surface area (Å²) in [4.78, 5) is 11.8. The van der Waals surface area contributed by atoms with Crippen LogP contribution in [-0.2, 0) is 17.9 Å². The molecule has 104 valence electrons. The third-order valence-corrected chi connectivity index (χ3v) is 3.46. The molecule has 0 fully saturated rings. The molecule has 0 aliphatic carbocycles. The highest BCUT2D eigenvalue weighted by Gasteiger charge is 2.09. The number of hydrogen-bond donors (Lipinski definition) is 1. The minimum absolute atomic E-state index is 0.0649. The number of pyridine rings is 1. The maximum atomic E-state index is 11.8. The van der Waals surface area contributed by atoms with Crippen molar-refractivity contribution in [3.05, 3.63) is 63.9 Å². The van der Waals surface area contributed by atoms with Crippen molar-refractivity contribution in [3.63, 3.8) is 0 Å². The maximum absolute atomic E-state index is 11.8. The second-order valence-corrected chi connectivity index (χ2v) is 5.40. The zero-order valence-corrected chi connectivity index (χ0v) is 12.6. The van der Waals surface area contributed by atoms with Crippen molar-refractivity contribution in [2.45, 2.75) is 20.0 Å². The van der Waals surface area contributed by atoms with Crippen molar-refractivity contribution in [1.29, 1.82) is 0 Å². The van der Waals surface area contributed by atoms with Gasteiger partial charge in [0.05, 0.1) is 0 Å². The zero-order chi connectivity index (χ0) is 14.5. The fraction of sp³-hybridized carbons (Fsp3) is 0.200. The SMILES string of the molecule is Cc1cc[n+](CC(=O)NCc2ccc(Cl)cc2Cl)cc1. The molecule has 1 aromatic carbocycles. The lowest BCUT2D eigenvalue weighted by molar-refractivity contribution is -0.684. The van der Waals surface area contributed by atoms with Gasteiger partial charge in [0.15, 0.2) is 12.4 Å². The highest BCUT2D eigenvalue weighted by molar-refractivity contribution is 6.35. The predicted molar refractivity (Wildman–Crippen MR) is 79.7 cm³/mol. The van der Waals surface area contributed by atoms with Crippen LogP contribution in [0.5, 0.6) is 0 Å². The van der Waals surface area contributed by atoms with Crippen LogP contribution < -0.4 is 9.88 Å². The summed E-state index contributed by atoms with van der Waals surface area (Å²) < 4.78 is 1.83. The Hall–Kier alpha value is -1.58. The second kappa shape index (κ2) is 6.73. The summed E-state index contributed by atoms with van der Waals surface area (Å²) in [7, 11) is 0. The Morgan fingerprint density at radius 1 is 1.20 bits per heavy atom. The van der Waals surface area contributed by atoms with Crippen LogP contribution in [0.25, 0.3) is 0 Å². The third-order valence-electron chi connectivity index (χ3n) is 2.88. The number of aromatic nitrogens is 1. The number of carbonyl (C=O) groups is 1. The van der Waals surface area contributed by atoms with Gasteiger partial charge in [-0.05, 0) is 30.2 Å². The molecule has 1 aromatic heterocycles. The van der Waals surface area contributed by atoms with Gasteiger partial charge in [-0.2, -0.15) is 4.57 Å². The van der Waals surface area contributed by atoms with Gasteiger partial charge in [0.1, 0.15) is 0 Å². The van der Waals surface area contributed by atoms with Crippen LogP contribution in [-0.4, -0.2) is 5.91 Å². The average molecular weight is 310 g/mol. The normalized spacial score (nSPS) is 10.3. The summed E-state index contributed by atoms with van der Waals surface area (Å²) >= 11 is 11.9. The molecule has 0 saturated heterocycles.